The molecule has 1 saturated carbocycles. The second-order valence-corrected chi connectivity index (χ2v) is 5.45. The van der Waals surface area contributed by atoms with Crippen LogP contribution in [-0.4, -0.2) is 28.2 Å². The van der Waals surface area contributed by atoms with Crippen LogP contribution in [0.15, 0.2) is 10.7 Å². The molecule has 1 aliphatic carbocycles. The molecule has 1 aliphatic rings. The maximum Gasteiger partial charge on any atom is 0.130 e. The zero-order valence-corrected chi connectivity index (χ0v) is 11.6. The van der Waals surface area contributed by atoms with Crippen molar-refractivity contribution in [1.82, 2.24) is 9.97 Å². The summed E-state index contributed by atoms with van der Waals surface area (Å²) >= 11 is 3.36. The lowest BCUT2D eigenvalue weighted by atomic mass is 9.97. The van der Waals surface area contributed by atoms with Crippen LogP contribution in [0.1, 0.15) is 25.1 Å². The van der Waals surface area contributed by atoms with Crippen LogP contribution < -0.4 is 5.32 Å². The van der Waals surface area contributed by atoms with Crippen molar-refractivity contribution in [3.8, 4) is 0 Å². The zero-order valence-electron chi connectivity index (χ0n) is 9.99. The Bertz CT molecular complexity index is 366. The standard InChI is InChI=1S/C12H18BrN3O/c1-8-15-11(13)5-12(16-8)14-6-9-3-2-4-10(9)7-17/h5,9-10,17H,2-4,6-7H2,1H3,(H,14,15,16). The molecule has 1 aromatic rings. The molecule has 1 aromatic heterocycles. The molecule has 1 heterocycles. The Morgan fingerprint density at radius 1 is 1.41 bits per heavy atom. The zero-order chi connectivity index (χ0) is 12.3. The van der Waals surface area contributed by atoms with Gasteiger partial charge in [-0.2, -0.15) is 0 Å². The van der Waals surface area contributed by atoms with Crippen molar-refractivity contribution in [3.63, 3.8) is 0 Å². The fourth-order valence-electron chi connectivity index (χ4n) is 2.48. The minimum atomic E-state index is 0.304. The van der Waals surface area contributed by atoms with Gasteiger partial charge in [0.2, 0.25) is 0 Å². The minimum absolute atomic E-state index is 0.304. The van der Waals surface area contributed by atoms with Gasteiger partial charge in [0.05, 0.1) is 0 Å². The van der Waals surface area contributed by atoms with E-state index in [9.17, 15) is 5.11 Å². The second-order valence-electron chi connectivity index (χ2n) is 4.64. The Balaban J connectivity index is 1.93. The lowest BCUT2D eigenvalue weighted by molar-refractivity contribution is 0.199. The summed E-state index contributed by atoms with van der Waals surface area (Å²) in [5.74, 6) is 2.63. The Hall–Kier alpha value is -0.680. The van der Waals surface area contributed by atoms with Gasteiger partial charge in [-0.15, -0.1) is 0 Å². The van der Waals surface area contributed by atoms with Crippen molar-refractivity contribution < 1.29 is 5.11 Å². The van der Waals surface area contributed by atoms with Crippen molar-refractivity contribution in [2.75, 3.05) is 18.5 Å². The van der Waals surface area contributed by atoms with Crippen molar-refractivity contribution in [3.05, 3.63) is 16.5 Å². The normalized spacial score (nSPS) is 23.9. The highest BCUT2D eigenvalue weighted by atomic mass is 79.9. The molecule has 0 aromatic carbocycles. The van der Waals surface area contributed by atoms with Gasteiger partial charge in [-0.1, -0.05) is 6.42 Å². The molecular formula is C12H18BrN3O. The average molecular weight is 300 g/mol. The molecule has 2 unspecified atom stereocenters. The molecule has 2 atom stereocenters. The van der Waals surface area contributed by atoms with Gasteiger partial charge in [0, 0.05) is 19.2 Å². The monoisotopic (exact) mass is 299 g/mol. The van der Waals surface area contributed by atoms with E-state index in [1.165, 1.54) is 12.8 Å². The first-order valence-corrected chi connectivity index (χ1v) is 6.84. The first-order valence-electron chi connectivity index (χ1n) is 6.05. The van der Waals surface area contributed by atoms with E-state index in [0.717, 1.165) is 29.2 Å². The highest BCUT2D eigenvalue weighted by Gasteiger charge is 2.26. The molecule has 0 saturated heterocycles. The van der Waals surface area contributed by atoms with Crippen molar-refractivity contribution in [1.29, 1.82) is 0 Å². The number of halogens is 1. The van der Waals surface area contributed by atoms with Gasteiger partial charge in [0.1, 0.15) is 16.2 Å². The molecule has 4 nitrogen and oxygen atoms in total. The van der Waals surface area contributed by atoms with E-state index in [1.54, 1.807) is 0 Å². The summed E-state index contributed by atoms with van der Waals surface area (Å²) in [5, 5.41) is 12.6. The lowest BCUT2D eigenvalue weighted by Gasteiger charge is -2.18. The highest BCUT2D eigenvalue weighted by molar-refractivity contribution is 9.10. The number of aliphatic hydroxyl groups excluding tert-OH is 1. The second kappa shape index (κ2) is 5.78. The molecule has 0 aliphatic heterocycles. The number of aromatic nitrogens is 2. The molecule has 2 N–H and O–H groups in total. The van der Waals surface area contributed by atoms with E-state index in [-0.39, 0.29) is 0 Å². The van der Waals surface area contributed by atoms with E-state index in [0.29, 0.717) is 18.4 Å². The van der Waals surface area contributed by atoms with Gasteiger partial charge < -0.3 is 10.4 Å². The third-order valence-electron chi connectivity index (χ3n) is 3.40. The largest absolute Gasteiger partial charge is 0.396 e. The minimum Gasteiger partial charge on any atom is -0.396 e. The topological polar surface area (TPSA) is 58.0 Å². The SMILES string of the molecule is Cc1nc(Br)cc(NCC2CCCC2CO)n1. The molecule has 5 heteroatoms. The molecular weight excluding hydrogens is 282 g/mol. The molecule has 2 rings (SSSR count). The number of aliphatic hydroxyl groups is 1. The van der Waals surface area contributed by atoms with E-state index in [2.05, 4.69) is 31.2 Å². The summed E-state index contributed by atoms with van der Waals surface area (Å²) in [6.45, 7) is 3.06. The van der Waals surface area contributed by atoms with Crippen LogP contribution in [0.2, 0.25) is 0 Å². The number of aryl methyl sites for hydroxylation is 1. The maximum atomic E-state index is 9.26. The molecule has 94 valence electrons. The number of hydrogen-bond acceptors (Lipinski definition) is 4. The van der Waals surface area contributed by atoms with Crippen LogP contribution >= 0.6 is 15.9 Å². The highest BCUT2D eigenvalue weighted by Crippen LogP contribution is 2.31. The number of rotatable bonds is 4. The third kappa shape index (κ3) is 3.39. The molecule has 1 fully saturated rings. The van der Waals surface area contributed by atoms with Crippen LogP contribution in [0.3, 0.4) is 0 Å². The summed E-state index contributed by atoms with van der Waals surface area (Å²) < 4.78 is 0.803. The van der Waals surface area contributed by atoms with Crippen LogP contribution in [0.25, 0.3) is 0 Å². The van der Waals surface area contributed by atoms with Crippen molar-refractivity contribution >= 4 is 21.7 Å². The van der Waals surface area contributed by atoms with Crippen molar-refractivity contribution in [2.45, 2.75) is 26.2 Å². The van der Waals surface area contributed by atoms with Crippen LogP contribution in [0.5, 0.6) is 0 Å². The summed E-state index contributed by atoms with van der Waals surface area (Å²) in [4.78, 5) is 8.50. The van der Waals surface area contributed by atoms with Gasteiger partial charge in [-0.25, -0.2) is 9.97 Å². The van der Waals surface area contributed by atoms with Crippen LogP contribution in [0, 0.1) is 18.8 Å². The van der Waals surface area contributed by atoms with E-state index in [4.69, 9.17) is 0 Å². The number of anilines is 1. The predicted molar refractivity (Wildman–Crippen MR) is 70.9 cm³/mol. The first kappa shape index (κ1) is 12.8. The molecule has 17 heavy (non-hydrogen) atoms. The first-order chi connectivity index (χ1) is 8.19. The summed E-state index contributed by atoms with van der Waals surface area (Å²) in [7, 11) is 0. The Kier molecular flexibility index (Phi) is 4.34. The molecule has 0 radical (unpaired) electrons. The summed E-state index contributed by atoms with van der Waals surface area (Å²) in [5.41, 5.74) is 0. The van der Waals surface area contributed by atoms with Gasteiger partial charge in [-0.05, 0) is 47.5 Å². The van der Waals surface area contributed by atoms with Crippen LogP contribution in [-0.2, 0) is 0 Å². The third-order valence-corrected chi connectivity index (χ3v) is 3.81. The van der Waals surface area contributed by atoms with Crippen LogP contribution in [0.4, 0.5) is 5.82 Å². The fraction of sp³-hybridized carbons (Fsp3) is 0.667. The average Bonchev–Trinajstić information content (AvgIpc) is 2.72. The Morgan fingerprint density at radius 2 is 2.18 bits per heavy atom. The van der Waals surface area contributed by atoms with Gasteiger partial charge in [-0.3, -0.25) is 0 Å². The smallest absolute Gasteiger partial charge is 0.130 e. The van der Waals surface area contributed by atoms with Gasteiger partial charge in [0.25, 0.3) is 0 Å². The number of hydrogen-bond donors (Lipinski definition) is 2. The summed E-state index contributed by atoms with van der Waals surface area (Å²) in [6.07, 6.45) is 3.57. The Labute approximate surface area is 110 Å². The molecule has 0 bridgehead atoms. The predicted octanol–water partition coefficient (Wildman–Crippen LogP) is 2.37. The molecule has 0 amide bonds. The lowest BCUT2D eigenvalue weighted by Crippen LogP contribution is -2.21. The van der Waals surface area contributed by atoms with Gasteiger partial charge in [0.15, 0.2) is 0 Å². The number of nitrogens with one attached hydrogen (secondary N) is 1. The van der Waals surface area contributed by atoms with E-state index >= 15 is 0 Å². The Morgan fingerprint density at radius 3 is 2.88 bits per heavy atom. The van der Waals surface area contributed by atoms with E-state index < -0.39 is 0 Å². The summed E-state index contributed by atoms with van der Waals surface area (Å²) in [6, 6.07) is 1.88. The van der Waals surface area contributed by atoms with Crippen molar-refractivity contribution in [2.24, 2.45) is 11.8 Å². The maximum absolute atomic E-state index is 9.26. The molecule has 0 spiro atoms. The van der Waals surface area contributed by atoms with E-state index in [1.807, 2.05) is 13.0 Å². The fourth-order valence-corrected chi connectivity index (χ4v) is 2.95. The quantitative estimate of drug-likeness (QED) is 0.838. The van der Waals surface area contributed by atoms with Gasteiger partial charge >= 0.3 is 0 Å². The number of nitrogens with zero attached hydrogens (tertiary/aromatic N) is 2.